The van der Waals surface area contributed by atoms with Crippen LogP contribution in [0.3, 0.4) is 0 Å². The van der Waals surface area contributed by atoms with Crippen LogP contribution in [0.1, 0.15) is 19.0 Å². The van der Waals surface area contributed by atoms with Crippen molar-refractivity contribution in [3.63, 3.8) is 0 Å². The van der Waals surface area contributed by atoms with E-state index in [4.69, 9.17) is 0 Å². The van der Waals surface area contributed by atoms with E-state index in [1.54, 1.807) is 0 Å². The second kappa shape index (κ2) is 10.3. The van der Waals surface area contributed by atoms with Crippen LogP contribution in [0.25, 0.3) is 5.65 Å². The normalized spacial score (nSPS) is 18.3. The van der Waals surface area contributed by atoms with Crippen LogP contribution >= 0.6 is 24.0 Å². The van der Waals surface area contributed by atoms with E-state index in [1.807, 2.05) is 41.9 Å². The number of nitrogens with zero attached hydrogens (tertiary/aromatic N) is 4. The Kier molecular flexibility index (Phi) is 8.35. The lowest BCUT2D eigenvalue weighted by molar-refractivity contribution is -0.143. The van der Waals surface area contributed by atoms with E-state index in [0.717, 1.165) is 11.3 Å². The summed E-state index contributed by atoms with van der Waals surface area (Å²) >= 11 is 0. The standard InChI is InChI=1S/C18H25F3N6.HI/c1-2-22-17(25-15-7-10-26(11-15)13-18(19,20)21)23-8-6-14-12-27-9-4-3-5-16(27)24-14;/h3-5,9,12,15H,2,6-8,10-11,13H2,1H3,(H2,22,23,25);1H. The molecule has 3 rings (SSSR count). The third kappa shape index (κ3) is 6.80. The minimum absolute atomic E-state index is 0. The molecule has 3 heterocycles. The molecule has 2 aromatic heterocycles. The van der Waals surface area contributed by atoms with Gasteiger partial charge in [-0.2, -0.15) is 13.2 Å². The average Bonchev–Trinajstić information content (AvgIpc) is 3.19. The second-order valence-corrected chi connectivity index (χ2v) is 6.69. The van der Waals surface area contributed by atoms with Crippen LogP contribution in [0.15, 0.2) is 35.6 Å². The molecule has 1 aliphatic heterocycles. The van der Waals surface area contributed by atoms with Gasteiger partial charge in [0.25, 0.3) is 0 Å². The number of halogens is 4. The van der Waals surface area contributed by atoms with Gasteiger partial charge in [0, 0.05) is 51.0 Å². The largest absolute Gasteiger partial charge is 0.401 e. The topological polar surface area (TPSA) is 57.0 Å². The number of pyridine rings is 1. The maximum atomic E-state index is 12.5. The van der Waals surface area contributed by atoms with Gasteiger partial charge in [0.2, 0.25) is 0 Å². The van der Waals surface area contributed by atoms with Crippen molar-refractivity contribution in [1.82, 2.24) is 24.9 Å². The molecular weight excluding hydrogens is 484 g/mol. The second-order valence-electron chi connectivity index (χ2n) is 6.69. The molecule has 0 amide bonds. The van der Waals surface area contributed by atoms with Crippen molar-refractivity contribution in [3.8, 4) is 0 Å². The Morgan fingerprint density at radius 1 is 1.36 bits per heavy atom. The number of rotatable bonds is 6. The third-order valence-corrected chi connectivity index (χ3v) is 4.41. The van der Waals surface area contributed by atoms with Crippen LogP contribution in [0.5, 0.6) is 0 Å². The van der Waals surface area contributed by atoms with Gasteiger partial charge in [0.1, 0.15) is 5.65 Å². The number of nitrogens with one attached hydrogen (secondary N) is 2. The summed E-state index contributed by atoms with van der Waals surface area (Å²) in [5.41, 5.74) is 1.86. The maximum Gasteiger partial charge on any atom is 0.401 e. The number of aromatic nitrogens is 2. The highest BCUT2D eigenvalue weighted by atomic mass is 127. The molecule has 1 saturated heterocycles. The van der Waals surface area contributed by atoms with Crippen LogP contribution in [-0.4, -0.2) is 65.2 Å². The minimum atomic E-state index is -4.15. The third-order valence-electron chi connectivity index (χ3n) is 4.41. The van der Waals surface area contributed by atoms with Crippen LogP contribution in [-0.2, 0) is 6.42 Å². The number of alkyl halides is 3. The zero-order valence-corrected chi connectivity index (χ0v) is 18.1. The zero-order valence-electron chi connectivity index (χ0n) is 15.7. The van der Waals surface area contributed by atoms with Crippen molar-refractivity contribution in [2.45, 2.75) is 32.0 Å². The fraction of sp³-hybridized carbons (Fsp3) is 0.556. The van der Waals surface area contributed by atoms with E-state index in [9.17, 15) is 13.2 Å². The molecule has 0 spiro atoms. The monoisotopic (exact) mass is 510 g/mol. The predicted molar refractivity (Wildman–Crippen MR) is 114 cm³/mol. The molecule has 2 N–H and O–H groups in total. The predicted octanol–water partition coefficient (Wildman–Crippen LogP) is 2.69. The molecule has 10 heteroatoms. The molecule has 6 nitrogen and oxygen atoms in total. The van der Waals surface area contributed by atoms with Crippen LogP contribution < -0.4 is 10.6 Å². The van der Waals surface area contributed by atoms with E-state index >= 15 is 0 Å². The average molecular weight is 510 g/mol. The first-order valence-electron chi connectivity index (χ1n) is 9.19. The van der Waals surface area contributed by atoms with Gasteiger partial charge in [0.05, 0.1) is 12.2 Å². The van der Waals surface area contributed by atoms with E-state index < -0.39 is 12.7 Å². The zero-order chi connectivity index (χ0) is 19.3. The number of aliphatic imine (C=N–C) groups is 1. The van der Waals surface area contributed by atoms with Gasteiger partial charge in [-0.05, 0) is 25.5 Å². The highest BCUT2D eigenvalue weighted by molar-refractivity contribution is 14.0. The van der Waals surface area contributed by atoms with Gasteiger partial charge >= 0.3 is 6.18 Å². The molecule has 1 atom stereocenters. The summed E-state index contributed by atoms with van der Waals surface area (Å²) in [4.78, 5) is 10.5. The highest BCUT2D eigenvalue weighted by Gasteiger charge is 2.34. The van der Waals surface area contributed by atoms with E-state index in [0.29, 0.717) is 45.0 Å². The van der Waals surface area contributed by atoms with Crippen molar-refractivity contribution < 1.29 is 13.2 Å². The summed E-state index contributed by atoms with van der Waals surface area (Å²) in [5, 5.41) is 6.41. The lowest BCUT2D eigenvalue weighted by Gasteiger charge is -2.19. The van der Waals surface area contributed by atoms with Gasteiger partial charge in [-0.1, -0.05) is 6.07 Å². The fourth-order valence-corrected chi connectivity index (χ4v) is 3.25. The van der Waals surface area contributed by atoms with Crippen molar-refractivity contribution in [2.75, 3.05) is 32.7 Å². The van der Waals surface area contributed by atoms with Crippen LogP contribution in [0.4, 0.5) is 13.2 Å². The fourth-order valence-electron chi connectivity index (χ4n) is 3.25. The first-order chi connectivity index (χ1) is 12.9. The van der Waals surface area contributed by atoms with E-state index in [2.05, 4.69) is 20.6 Å². The van der Waals surface area contributed by atoms with Crippen molar-refractivity contribution in [1.29, 1.82) is 0 Å². The van der Waals surface area contributed by atoms with Gasteiger partial charge in [-0.3, -0.25) is 9.89 Å². The number of hydrogen-bond acceptors (Lipinski definition) is 3. The smallest absolute Gasteiger partial charge is 0.357 e. The Labute approximate surface area is 179 Å². The van der Waals surface area contributed by atoms with Gasteiger partial charge in [-0.25, -0.2) is 4.98 Å². The SMILES string of the molecule is CCNC(=NCCc1cn2ccccc2n1)NC1CCN(CC(F)(F)F)C1.I. The summed E-state index contributed by atoms with van der Waals surface area (Å²) in [5.74, 6) is 0.639. The molecule has 0 aromatic carbocycles. The Bertz CT molecular complexity index is 743. The molecule has 0 radical (unpaired) electrons. The Morgan fingerprint density at radius 3 is 2.89 bits per heavy atom. The maximum absolute atomic E-state index is 12.5. The molecule has 1 unspecified atom stereocenters. The molecule has 0 aliphatic carbocycles. The summed E-state index contributed by atoms with van der Waals surface area (Å²) in [6, 6.07) is 5.82. The van der Waals surface area contributed by atoms with Gasteiger partial charge in [0.15, 0.2) is 5.96 Å². The summed E-state index contributed by atoms with van der Waals surface area (Å²) in [7, 11) is 0. The first-order valence-corrected chi connectivity index (χ1v) is 9.19. The van der Waals surface area contributed by atoms with Crippen molar-refractivity contribution >= 4 is 35.6 Å². The number of imidazole rings is 1. The molecule has 2 aromatic rings. The van der Waals surface area contributed by atoms with Gasteiger partial charge in [-0.15, -0.1) is 24.0 Å². The number of fused-ring (bicyclic) bond motifs is 1. The number of hydrogen-bond donors (Lipinski definition) is 2. The lowest BCUT2D eigenvalue weighted by Crippen LogP contribution is -2.45. The van der Waals surface area contributed by atoms with Crippen molar-refractivity contribution in [3.05, 3.63) is 36.3 Å². The molecule has 1 fully saturated rings. The number of guanidine groups is 1. The Hall–Kier alpha value is -1.56. The van der Waals surface area contributed by atoms with E-state index in [-0.39, 0.29) is 30.0 Å². The summed E-state index contributed by atoms with van der Waals surface area (Å²) in [6.45, 7) is 3.17. The molecule has 0 bridgehead atoms. The quantitative estimate of drug-likeness (QED) is 0.357. The molecule has 156 valence electrons. The lowest BCUT2D eigenvalue weighted by atomic mass is 10.3. The van der Waals surface area contributed by atoms with E-state index in [1.165, 1.54) is 4.90 Å². The highest BCUT2D eigenvalue weighted by Crippen LogP contribution is 2.19. The van der Waals surface area contributed by atoms with Crippen LogP contribution in [0.2, 0.25) is 0 Å². The molecule has 1 aliphatic rings. The van der Waals surface area contributed by atoms with Crippen LogP contribution in [0, 0.1) is 0 Å². The molecule has 0 saturated carbocycles. The summed E-state index contributed by atoms with van der Waals surface area (Å²) in [6.07, 6.45) is 1.16. The van der Waals surface area contributed by atoms with Gasteiger partial charge < -0.3 is 15.0 Å². The summed E-state index contributed by atoms with van der Waals surface area (Å²) < 4.78 is 39.5. The van der Waals surface area contributed by atoms with Crippen molar-refractivity contribution in [2.24, 2.45) is 4.99 Å². The number of likely N-dealkylation sites (tertiary alicyclic amines) is 1. The Morgan fingerprint density at radius 2 is 2.18 bits per heavy atom. The molecular formula is C18H26F3IN6. The molecule has 28 heavy (non-hydrogen) atoms. The first kappa shape index (κ1) is 22.7. The Balaban J connectivity index is 0.00000280. The minimum Gasteiger partial charge on any atom is -0.357 e.